The summed E-state index contributed by atoms with van der Waals surface area (Å²) in [7, 11) is 3.63. The molecule has 1 saturated heterocycles. The third kappa shape index (κ3) is 2.63. The van der Waals surface area contributed by atoms with Gasteiger partial charge in [-0.25, -0.2) is 4.79 Å². The smallest absolute Gasteiger partial charge is 0.351 e. The van der Waals surface area contributed by atoms with Crippen LogP contribution in [0.2, 0.25) is 0 Å². The molecule has 7 heteroatoms. The molecule has 1 aromatic heterocycles. The highest BCUT2D eigenvalue weighted by molar-refractivity contribution is 5.42. The van der Waals surface area contributed by atoms with Crippen molar-refractivity contribution in [2.24, 2.45) is 0 Å². The largest absolute Gasteiger partial charge is 0.394 e. The molecule has 1 aromatic rings. The van der Waals surface area contributed by atoms with Crippen LogP contribution in [0.5, 0.6) is 0 Å². The standard InChI is InChI=1S/C12H19N3O4/c1-7-5-15(12(18)13-11(7)14(2)3)10-4-8(17)9(6-16)19-10/h5,8-10,16-17H,4,6H2,1-3H3. The lowest BCUT2D eigenvalue weighted by atomic mass is 10.2. The second kappa shape index (κ2) is 5.28. The first kappa shape index (κ1) is 14.0. The van der Waals surface area contributed by atoms with Crippen LogP contribution in [-0.4, -0.2) is 52.7 Å². The van der Waals surface area contributed by atoms with E-state index >= 15 is 0 Å². The van der Waals surface area contributed by atoms with E-state index in [0.29, 0.717) is 5.82 Å². The summed E-state index contributed by atoms with van der Waals surface area (Å²) in [6.07, 6.45) is -0.0569. The molecule has 0 radical (unpaired) electrons. The van der Waals surface area contributed by atoms with Crippen molar-refractivity contribution >= 4 is 5.82 Å². The summed E-state index contributed by atoms with van der Waals surface area (Å²) in [6.45, 7) is 1.59. The van der Waals surface area contributed by atoms with E-state index in [-0.39, 0.29) is 13.0 Å². The maximum atomic E-state index is 12.0. The summed E-state index contributed by atoms with van der Waals surface area (Å²) in [5, 5.41) is 18.7. The zero-order chi connectivity index (χ0) is 14.2. The normalized spacial score (nSPS) is 26.7. The second-order valence-electron chi connectivity index (χ2n) is 4.95. The van der Waals surface area contributed by atoms with Crippen LogP contribution in [0.4, 0.5) is 5.82 Å². The van der Waals surface area contributed by atoms with Gasteiger partial charge in [-0.3, -0.25) is 4.57 Å². The van der Waals surface area contributed by atoms with E-state index in [1.807, 2.05) is 21.0 Å². The summed E-state index contributed by atoms with van der Waals surface area (Å²) in [5.41, 5.74) is 0.417. The van der Waals surface area contributed by atoms with Crippen LogP contribution >= 0.6 is 0 Å². The fourth-order valence-electron chi connectivity index (χ4n) is 2.27. The highest BCUT2D eigenvalue weighted by Gasteiger charge is 2.35. The zero-order valence-electron chi connectivity index (χ0n) is 11.3. The van der Waals surface area contributed by atoms with Gasteiger partial charge >= 0.3 is 5.69 Å². The minimum atomic E-state index is -0.768. The van der Waals surface area contributed by atoms with Crippen LogP contribution in [0.1, 0.15) is 18.2 Å². The molecular formula is C12H19N3O4. The van der Waals surface area contributed by atoms with E-state index in [9.17, 15) is 9.90 Å². The summed E-state index contributed by atoms with van der Waals surface area (Å²) in [5.74, 6) is 0.610. The minimum Gasteiger partial charge on any atom is -0.394 e. The number of ether oxygens (including phenoxy) is 1. The molecule has 0 spiro atoms. The third-order valence-corrected chi connectivity index (χ3v) is 3.23. The van der Waals surface area contributed by atoms with Gasteiger partial charge in [-0.2, -0.15) is 4.98 Å². The predicted octanol–water partition coefficient (Wildman–Crippen LogP) is -0.742. The number of aryl methyl sites for hydroxylation is 1. The van der Waals surface area contributed by atoms with E-state index < -0.39 is 24.1 Å². The minimum absolute atomic E-state index is 0.269. The first-order valence-electron chi connectivity index (χ1n) is 6.15. The van der Waals surface area contributed by atoms with E-state index in [0.717, 1.165) is 5.56 Å². The number of aliphatic hydroxyl groups is 2. The monoisotopic (exact) mass is 269 g/mol. The quantitative estimate of drug-likeness (QED) is 0.751. The molecular weight excluding hydrogens is 250 g/mol. The van der Waals surface area contributed by atoms with Crippen molar-refractivity contribution in [3.8, 4) is 0 Å². The molecule has 0 saturated carbocycles. The number of rotatable bonds is 3. The van der Waals surface area contributed by atoms with E-state index in [2.05, 4.69) is 4.98 Å². The Bertz CT molecular complexity index is 514. The van der Waals surface area contributed by atoms with Gasteiger partial charge in [0, 0.05) is 32.3 Å². The van der Waals surface area contributed by atoms with Crippen molar-refractivity contribution in [3.63, 3.8) is 0 Å². The van der Waals surface area contributed by atoms with Crippen molar-refractivity contribution in [3.05, 3.63) is 22.2 Å². The number of nitrogens with zero attached hydrogens (tertiary/aromatic N) is 3. The molecule has 106 valence electrons. The van der Waals surface area contributed by atoms with Gasteiger partial charge < -0.3 is 19.8 Å². The van der Waals surface area contributed by atoms with E-state index in [4.69, 9.17) is 9.84 Å². The molecule has 1 aliphatic rings. The molecule has 3 unspecified atom stereocenters. The number of anilines is 1. The van der Waals surface area contributed by atoms with Gasteiger partial charge in [-0.1, -0.05) is 0 Å². The summed E-state index contributed by atoms with van der Waals surface area (Å²) < 4.78 is 6.82. The van der Waals surface area contributed by atoms with Gasteiger partial charge in [-0.15, -0.1) is 0 Å². The predicted molar refractivity (Wildman–Crippen MR) is 69.2 cm³/mol. The Hall–Kier alpha value is -1.44. The maximum Gasteiger partial charge on any atom is 0.351 e. The summed E-state index contributed by atoms with van der Waals surface area (Å²) in [4.78, 5) is 17.8. The molecule has 0 bridgehead atoms. The Morgan fingerprint density at radius 1 is 1.58 bits per heavy atom. The molecule has 0 amide bonds. The Kier molecular flexibility index (Phi) is 3.88. The van der Waals surface area contributed by atoms with Gasteiger partial charge in [0.2, 0.25) is 0 Å². The molecule has 2 N–H and O–H groups in total. The van der Waals surface area contributed by atoms with Gasteiger partial charge in [0.25, 0.3) is 0 Å². The number of hydrogen-bond acceptors (Lipinski definition) is 6. The molecule has 0 aromatic carbocycles. The molecule has 19 heavy (non-hydrogen) atoms. The summed E-state index contributed by atoms with van der Waals surface area (Å²) in [6, 6.07) is 0. The molecule has 1 aliphatic heterocycles. The Labute approximate surface area is 111 Å². The van der Waals surface area contributed by atoms with Crippen LogP contribution in [-0.2, 0) is 4.74 Å². The summed E-state index contributed by atoms with van der Waals surface area (Å²) >= 11 is 0. The average molecular weight is 269 g/mol. The van der Waals surface area contributed by atoms with Crippen molar-refractivity contribution < 1.29 is 14.9 Å². The second-order valence-corrected chi connectivity index (χ2v) is 4.95. The van der Waals surface area contributed by atoms with Crippen molar-refractivity contribution in [2.75, 3.05) is 25.6 Å². The van der Waals surface area contributed by atoms with Crippen LogP contribution in [0.3, 0.4) is 0 Å². The van der Waals surface area contributed by atoms with E-state index in [1.165, 1.54) is 4.57 Å². The zero-order valence-corrected chi connectivity index (χ0v) is 11.3. The van der Waals surface area contributed by atoms with Gasteiger partial charge in [0.15, 0.2) is 0 Å². The van der Waals surface area contributed by atoms with Crippen LogP contribution in [0.15, 0.2) is 11.0 Å². The van der Waals surface area contributed by atoms with Crippen LogP contribution < -0.4 is 10.6 Å². The number of hydrogen-bond donors (Lipinski definition) is 2. The average Bonchev–Trinajstić information content (AvgIpc) is 2.72. The molecule has 1 fully saturated rings. The van der Waals surface area contributed by atoms with E-state index in [1.54, 1.807) is 11.1 Å². The fraction of sp³-hybridized carbons (Fsp3) is 0.667. The fourth-order valence-corrected chi connectivity index (χ4v) is 2.27. The first-order chi connectivity index (χ1) is 8.93. The molecule has 3 atom stereocenters. The molecule has 0 aliphatic carbocycles. The first-order valence-corrected chi connectivity index (χ1v) is 6.15. The van der Waals surface area contributed by atoms with Crippen LogP contribution in [0.25, 0.3) is 0 Å². The lowest BCUT2D eigenvalue weighted by molar-refractivity contribution is -0.0459. The van der Waals surface area contributed by atoms with Crippen LogP contribution in [0, 0.1) is 6.92 Å². The number of aliphatic hydroxyl groups excluding tert-OH is 2. The maximum absolute atomic E-state index is 12.0. The Morgan fingerprint density at radius 2 is 2.26 bits per heavy atom. The van der Waals surface area contributed by atoms with Crippen molar-refractivity contribution in [2.45, 2.75) is 31.8 Å². The topological polar surface area (TPSA) is 87.8 Å². The van der Waals surface area contributed by atoms with Crippen molar-refractivity contribution in [1.29, 1.82) is 0 Å². The SMILES string of the molecule is Cc1cn(C2CC(O)C(CO)O2)c(=O)nc1N(C)C. The van der Waals surface area contributed by atoms with Gasteiger partial charge in [0.05, 0.1) is 12.7 Å². The molecule has 2 heterocycles. The number of aromatic nitrogens is 2. The highest BCUT2D eigenvalue weighted by atomic mass is 16.5. The van der Waals surface area contributed by atoms with Crippen molar-refractivity contribution in [1.82, 2.24) is 9.55 Å². The van der Waals surface area contributed by atoms with Gasteiger partial charge in [-0.05, 0) is 6.92 Å². The Morgan fingerprint density at radius 3 is 2.79 bits per heavy atom. The lowest BCUT2D eigenvalue weighted by Crippen LogP contribution is -2.30. The van der Waals surface area contributed by atoms with Gasteiger partial charge in [0.1, 0.15) is 18.1 Å². The lowest BCUT2D eigenvalue weighted by Gasteiger charge is -2.18. The third-order valence-electron chi connectivity index (χ3n) is 3.23. The highest BCUT2D eigenvalue weighted by Crippen LogP contribution is 2.28. The molecule has 2 rings (SSSR count). The Balaban J connectivity index is 2.32. The molecule has 7 nitrogen and oxygen atoms in total.